The number of aliphatic carboxylic acids is 1. The summed E-state index contributed by atoms with van der Waals surface area (Å²) in [5, 5.41) is 8.63. The topological polar surface area (TPSA) is 74.7 Å². The van der Waals surface area contributed by atoms with Gasteiger partial charge in [0.2, 0.25) is 0 Å². The van der Waals surface area contributed by atoms with Crippen LogP contribution in [0.3, 0.4) is 0 Å². The van der Waals surface area contributed by atoms with E-state index in [4.69, 9.17) is 5.11 Å². The number of carboxylic acids is 1. The van der Waals surface area contributed by atoms with Gasteiger partial charge in [-0.25, -0.2) is 0 Å². The van der Waals surface area contributed by atoms with Crippen molar-refractivity contribution in [1.29, 1.82) is 0 Å². The van der Waals surface area contributed by atoms with Gasteiger partial charge >= 0.3 is 5.97 Å². The van der Waals surface area contributed by atoms with E-state index in [0.29, 0.717) is 23.5 Å². The molecule has 0 aliphatic heterocycles. The molecule has 0 bridgehead atoms. The van der Waals surface area contributed by atoms with Crippen LogP contribution in [0.25, 0.3) is 6.08 Å². The van der Waals surface area contributed by atoms with Crippen LogP contribution in [0.1, 0.15) is 30.9 Å². The fraction of sp³-hybridized carbons (Fsp3) is 0.353. The Morgan fingerprint density at radius 1 is 1.26 bits per heavy atom. The Hall–Kier alpha value is -2.08. The van der Waals surface area contributed by atoms with Gasteiger partial charge in [-0.15, -0.1) is 0 Å². The van der Waals surface area contributed by atoms with Crippen molar-refractivity contribution in [3.63, 3.8) is 0 Å². The van der Waals surface area contributed by atoms with Crippen molar-refractivity contribution < 1.29 is 19.5 Å². The van der Waals surface area contributed by atoms with E-state index in [1.54, 1.807) is 13.1 Å². The number of benzene rings is 1. The molecule has 0 atom stereocenters. The summed E-state index contributed by atoms with van der Waals surface area (Å²) in [7, 11) is 1.60. The molecule has 1 aromatic carbocycles. The van der Waals surface area contributed by atoms with Crippen LogP contribution in [0, 0.1) is 0 Å². The van der Waals surface area contributed by atoms with Gasteiger partial charge < -0.3 is 10.0 Å². The summed E-state index contributed by atoms with van der Waals surface area (Å²) >= 11 is 0.830. The summed E-state index contributed by atoms with van der Waals surface area (Å²) in [5.74, 6) is -1.17. The summed E-state index contributed by atoms with van der Waals surface area (Å²) in [6.45, 7) is 2.39. The van der Waals surface area contributed by atoms with Crippen LogP contribution >= 0.6 is 11.8 Å². The minimum Gasteiger partial charge on any atom is -0.481 e. The van der Waals surface area contributed by atoms with E-state index in [2.05, 4.69) is 6.92 Å². The molecule has 5 nitrogen and oxygen atoms in total. The van der Waals surface area contributed by atoms with E-state index in [1.165, 1.54) is 10.5 Å². The highest BCUT2D eigenvalue weighted by Crippen LogP contribution is 2.20. The van der Waals surface area contributed by atoms with E-state index in [-0.39, 0.29) is 12.3 Å². The Bertz CT molecular complexity index is 581. The van der Waals surface area contributed by atoms with Gasteiger partial charge in [-0.3, -0.25) is 14.4 Å². The summed E-state index contributed by atoms with van der Waals surface area (Å²) in [5.41, 5.74) is 2.66. The average Bonchev–Trinajstić information content (AvgIpc) is 2.54. The number of thioether (sulfide) groups is 1. The van der Waals surface area contributed by atoms with Crippen LogP contribution in [-0.4, -0.2) is 41.1 Å². The Kier molecular flexibility index (Phi) is 8.11. The number of nitrogens with zero attached hydrogens (tertiary/aromatic N) is 1. The highest BCUT2D eigenvalue weighted by molar-refractivity contribution is 8.16. The first kappa shape index (κ1) is 19.0. The second kappa shape index (κ2) is 9.84. The molecule has 0 aliphatic carbocycles. The molecule has 1 amide bonds. The molecule has 0 fully saturated rings. The fourth-order valence-corrected chi connectivity index (χ4v) is 2.52. The Morgan fingerprint density at radius 3 is 2.43 bits per heavy atom. The smallest absolute Gasteiger partial charge is 0.303 e. The van der Waals surface area contributed by atoms with E-state index in [9.17, 15) is 14.4 Å². The molecular formula is C17H21NO4S. The fourth-order valence-electron chi connectivity index (χ4n) is 1.96. The lowest BCUT2D eigenvalue weighted by Gasteiger charge is -2.17. The molecule has 0 aromatic heterocycles. The van der Waals surface area contributed by atoms with Gasteiger partial charge in [0.1, 0.15) is 0 Å². The highest BCUT2D eigenvalue weighted by Gasteiger charge is 2.15. The summed E-state index contributed by atoms with van der Waals surface area (Å²) in [4.78, 5) is 35.4. The van der Waals surface area contributed by atoms with Gasteiger partial charge in [-0.05, 0) is 41.8 Å². The standard InChI is InChI=1S/C17H21NO4S/c1-3-13-6-8-14(9-7-13)11-15(23-12-19)17(22)18(2)10-4-5-16(20)21/h6-9,11-12H,3-5,10H2,1-2H3,(H,20,21)/b15-11-. The molecule has 1 N–H and O–H groups in total. The minimum atomic E-state index is -0.889. The second-order valence-corrected chi connectivity index (χ2v) is 5.91. The van der Waals surface area contributed by atoms with Gasteiger partial charge in [0.25, 0.3) is 5.91 Å². The molecule has 6 heteroatoms. The van der Waals surface area contributed by atoms with Gasteiger partial charge in [0.05, 0.1) is 4.91 Å². The Balaban J connectivity index is 2.81. The SMILES string of the molecule is CCc1ccc(/C=C(\SC=O)C(=O)N(C)CCCC(=O)O)cc1. The second-order valence-electron chi connectivity index (χ2n) is 5.04. The molecule has 1 rings (SSSR count). The third-order valence-corrected chi connectivity index (χ3v) is 3.95. The molecule has 0 spiro atoms. The van der Waals surface area contributed by atoms with Crippen molar-refractivity contribution in [1.82, 2.24) is 4.90 Å². The Morgan fingerprint density at radius 2 is 1.91 bits per heavy atom. The summed E-state index contributed by atoms with van der Waals surface area (Å²) in [6.07, 6.45) is 3.00. The maximum absolute atomic E-state index is 12.4. The maximum atomic E-state index is 12.4. The molecule has 0 unspecified atom stereocenters. The van der Waals surface area contributed by atoms with Gasteiger partial charge in [0, 0.05) is 20.0 Å². The number of carboxylic acid groups (broad SMARTS) is 1. The van der Waals surface area contributed by atoms with Gasteiger partial charge in [-0.2, -0.15) is 0 Å². The van der Waals surface area contributed by atoms with E-state index in [1.807, 2.05) is 24.3 Å². The van der Waals surface area contributed by atoms with Crippen LogP contribution in [0.15, 0.2) is 29.2 Å². The van der Waals surface area contributed by atoms with Crippen LogP contribution in [0.4, 0.5) is 0 Å². The number of likely N-dealkylation sites (N-methyl/N-ethyl adjacent to an activating group) is 1. The third kappa shape index (κ3) is 6.69. The van der Waals surface area contributed by atoms with Crippen LogP contribution in [0.5, 0.6) is 0 Å². The number of carbonyl (C=O) groups is 3. The number of rotatable bonds is 9. The lowest BCUT2D eigenvalue weighted by Crippen LogP contribution is -2.28. The first-order valence-corrected chi connectivity index (χ1v) is 8.24. The Labute approximate surface area is 140 Å². The quantitative estimate of drug-likeness (QED) is 0.555. The van der Waals surface area contributed by atoms with Crippen molar-refractivity contribution in [2.45, 2.75) is 26.2 Å². The van der Waals surface area contributed by atoms with Crippen LogP contribution in [0.2, 0.25) is 0 Å². The molecular weight excluding hydrogens is 314 g/mol. The van der Waals surface area contributed by atoms with Crippen molar-refractivity contribution in [2.75, 3.05) is 13.6 Å². The van der Waals surface area contributed by atoms with E-state index >= 15 is 0 Å². The van der Waals surface area contributed by atoms with Crippen molar-refractivity contribution >= 4 is 35.3 Å². The highest BCUT2D eigenvalue weighted by atomic mass is 32.2. The van der Waals surface area contributed by atoms with Crippen LogP contribution < -0.4 is 0 Å². The molecule has 0 heterocycles. The van der Waals surface area contributed by atoms with Gasteiger partial charge in [0.15, 0.2) is 5.62 Å². The number of hydrogen-bond acceptors (Lipinski definition) is 4. The normalized spacial score (nSPS) is 11.1. The first-order chi connectivity index (χ1) is 11.0. The number of carbonyl (C=O) groups excluding carboxylic acids is 2. The molecule has 0 saturated carbocycles. The number of hydrogen-bond donors (Lipinski definition) is 1. The zero-order chi connectivity index (χ0) is 17.2. The largest absolute Gasteiger partial charge is 0.481 e. The van der Waals surface area contributed by atoms with E-state index in [0.717, 1.165) is 23.7 Å². The lowest BCUT2D eigenvalue weighted by molar-refractivity contribution is -0.137. The van der Waals surface area contributed by atoms with Crippen molar-refractivity contribution in [3.8, 4) is 0 Å². The van der Waals surface area contributed by atoms with E-state index < -0.39 is 5.97 Å². The molecule has 0 aliphatic rings. The lowest BCUT2D eigenvalue weighted by atomic mass is 10.1. The summed E-state index contributed by atoms with van der Waals surface area (Å²) < 4.78 is 0. The zero-order valence-corrected chi connectivity index (χ0v) is 14.1. The predicted molar refractivity (Wildman–Crippen MR) is 92.6 cm³/mol. The number of aryl methyl sites for hydroxylation is 1. The molecule has 23 heavy (non-hydrogen) atoms. The minimum absolute atomic E-state index is 0.00989. The number of amides is 1. The molecule has 1 aromatic rings. The van der Waals surface area contributed by atoms with Gasteiger partial charge in [-0.1, -0.05) is 31.2 Å². The predicted octanol–water partition coefficient (Wildman–Crippen LogP) is 2.84. The molecule has 0 saturated heterocycles. The third-order valence-electron chi connectivity index (χ3n) is 3.30. The molecule has 124 valence electrons. The van der Waals surface area contributed by atoms with Crippen molar-refractivity contribution in [2.24, 2.45) is 0 Å². The van der Waals surface area contributed by atoms with Crippen LogP contribution in [-0.2, 0) is 20.8 Å². The summed E-state index contributed by atoms with van der Waals surface area (Å²) in [6, 6.07) is 7.77. The average molecular weight is 335 g/mol. The first-order valence-electron chi connectivity index (χ1n) is 7.36. The van der Waals surface area contributed by atoms with Crippen molar-refractivity contribution in [3.05, 3.63) is 40.3 Å². The zero-order valence-electron chi connectivity index (χ0n) is 13.3. The monoisotopic (exact) mass is 335 g/mol. The maximum Gasteiger partial charge on any atom is 0.303 e. The molecule has 0 radical (unpaired) electrons.